The maximum absolute atomic E-state index is 12.1. The van der Waals surface area contributed by atoms with Crippen LogP contribution in [0.2, 0.25) is 0 Å². The topological polar surface area (TPSA) is 135 Å². The molecular weight excluding hydrogens is 527 g/mol. The molecule has 0 radical (unpaired) electrons. The molecular formula is C23H39Cl3O9. The summed E-state index contributed by atoms with van der Waals surface area (Å²) in [6.07, 6.45) is 0.586. The quantitative estimate of drug-likeness (QED) is 0.134. The minimum Gasteiger partial charge on any atom is -0.463 e. The van der Waals surface area contributed by atoms with Crippen LogP contribution in [0.3, 0.4) is 0 Å². The van der Waals surface area contributed by atoms with Gasteiger partial charge in [0, 0.05) is 6.42 Å². The molecule has 0 amide bonds. The number of hydrogen-bond donors (Lipinski definition) is 4. The van der Waals surface area contributed by atoms with Crippen molar-refractivity contribution >= 4 is 40.8 Å². The first kappa shape index (κ1) is 31.3. The smallest absolute Gasteiger partial charge is 0.305 e. The predicted molar refractivity (Wildman–Crippen MR) is 130 cm³/mol. The Labute approximate surface area is 221 Å². The Morgan fingerprint density at radius 2 is 1.54 bits per heavy atom. The van der Waals surface area contributed by atoms with Gasteiger partial charge in [0.25, 0.3) is 0 Å². The van der Waals surface area contributed by atoms with Crippen molar-refractivity contribution in [3.8, 4) is 0 Å². The van der Waals surface area contributed by atoms with Crippen LogP contribution in [-0.4, -0.2) is 92.4 Å². The number of alkyl halides is 3. The Morgan fingerprint density at radius 3 is 2.11 bits per heavy atom. The van der Waals surface area contributed by atoms with Gasteiger partial charge in [-0.3, -0.25) is 4.79 Å². The normalized spacial score (nSPS) is 37.5. The van der Waals surface area contributed by atoms with Crippen molar-refractivity contribution in [2.24, 2.45) is 0 Å². The number of aliphatic hydroxyl groups is 4. The first-order valence-electron chi connectivity index (χ1n) is 12.4. The number of rotatable bonds is 15. The van der Waals surface area contributed by atoms with Gasteiger partial charge in [0.15, 0.2) is 6.29 Å². The van der Waals surface area contributed by atoms with Crippen molar-refractivity contribution in [1.29, 1.82) is 0 Å². The molecule has 2 fully saturated rings. The second kappa shape index (κ2) is 15.5. The maximum Gasteiger partial charge on any atom is 0.305 e. The lowest BCUT2D eigenvalue weighted by Crippen LogP contribution is -2.59. The van der Waals surface area contributed by atoms with Gasteiger partial charge in [-0.1, -0.05) is 69.9 Å². The predicted octanol–water partition coefficient (Wildman–Crippen LogP) is 2.77. The number of aliphatic hydroxyl groups excluding tert-OH is 3. The lowest BCUT2D eigenvalue weighted by atomic mass is 10.0. The van der Waals surface area contributed by atoms with E-state index in [0.717, 1.165) is 19.3 Å². The molecule has 1 unspecified atom stereocenters. The third-order valence-corrected chi connectivity index (χ3v) is 7.56. The number of hydrogen-bond acceptors (Lipinski definition) is 9. The van der Waals surface area contributed by atoms with Gasteiger partial charge >= 0.3 is 5.97 Å². The van der Waals surface area contributed by atoms with Crippen LogP contribution in [0.25, 0.3) is 0 Å². The summed E-state index contributed by atoms with van der Waals surface area (Å²) in [7, 11) is 0. The molecule has 0 aromatic heterocycles. The van der Waals surface area contributed by atoms with Crippen molar-refractivity contribution in [2.45, 2.75) is 125 Å². The number of halogens is 3. The van der Waals surface area contributed by atoms with Crippen LogP contribution in [0.5, 0.6) is 0 Å². The van der Waals surface area contributed by atoms with Gasteiger partial charge in [-0.05, 0) is 6.42 Å². The van der Waals surface area contributed by atoms with E-state index < -0.39 is 59.5 Å². The summed E-state index contributed by atoms with van der Waals surface area (Å²) in [6, 6.07) is 0. The van der Waals surface area contributed by atoms with E-state index in [1.54, 1.807) is 0 Å². The average Bonchev–Trinajstić information content (AvgIpc) is 3.05. The fraction of sp³-hybridized carbons (Fsp3) is 0.957. The van der Waals surface area contributed by atoms with E-state index in [4.69, 9.17) is 53.8 Å². The summed E-state index contributed by atoms with van der Waals surface area (Å²) in [5, 5.41) is 37.5. The Morgan fingerprint density at radius 1 is 0.943 bits per heavy atom. The van der Waals surface area contributed by atoms with Crippen LogP contribution in [-0.2, 0) is 23.7 Å². The highest BCUT2D eigenvalue weighted by Gasteiger charge is 2.57. The van der Waals surface area contributed by atoms with Crippen LogP contribution in [0, 0.1) is 0 Å². The first-order valence-corrected chi connectivity index (χ1v) is 13.8. The molecule has 2 aliphatic heterocycles. The second-order valence-electron chi connectivity index (χ2n) is 9.20. The van der Waals surface area contributed by atoms with Crippen molar-refractivity contribution in [2.75, 3.05) is 12.5 Å². The Kier molecular flexibility index (Phi) is 13.8. The van der Waals surface area contributed by atoms with Crippen LogP contribution in [0.4, 0.5) is 0 Å². The molecule has 206 valence electrons. The number of esters is 1. The molecule has 0 aromatic carbocycles. The lowest BCUT2D eigenvalue weighted by Gasteiger charge is -2.41. The largest absolute Gasteiger partial charge is 0.463 e. The van der Waals surface area contributed by atoms with Gasteiger partial charge in [0.05, 0.1) is 11.3 Å². The number of unbranched alkanes of at least 4 members (excludes halogenated alkanes) is 8. The second-order valence-corrected chi connectivity index (χ2v) is 10.6. The fourth-order valence-electron chi connectivity index (χ4n) is 4.07. The van der Waals surface area contributed by atoms with Gasteiger partial charge in [-0.2, -0.15) is 0 Å². The molecule has 0 aliphatic carbocycles. The van der Waals surface area contributed by atoms with Crippen LogP contribution < -0.4 is 0 Å². The van der Waals surface area contributed by atoms with Crippen LogP contribution in [0.1, 0.15) is 71.1 Å². The van der Waals surface area contributed by atoms with Crippen molar-refractivity contribution < 1.29 is 44.2 Å². The monoisotopic (exact) mass is 564 g/mol. The van der Waals surface area contributed by atoms with E-state index in [0.29, 0.717) is 6.42 Å². The SMILES string of the molecule is CCCCCCCCCCCC(=O)OC[C@H]1O[C@H](OC2O[C@H](CCl)[C@@H](O)[C@@]2(O)Cl)[C@H](O)[C@@H](O)[C@H]1Cl. The molecule has 0 bridgehead atoms. The van der Waals surface area contributed by atoms with Gasteiger partial charge < -0.3 is 39.4 Å². The minimum atomic E-state index is -2.36. The first-order chi connectivity index (χ1) is 16.6. The van der Waals surface area contributed by atoms with E-state index in [2.05, 4.69) is 6.92 Å². The van der Waals surface area contributed by atoms with Gasteiger partial charge in [-0.25, -0.2) is 0 Å². The van der Waals surface area contributed by atoms with Crippen molar-refractivity contribution in [3.63, 3.8) is 0 Å². The highest BCUT2D eigenvalue weighted by molar-refractivity contribution is 6.24. The van der Waals surface area contributed by atoms with E-state index in [9.17, 15) is 25.2 Å². The molecule has 4 N–H and O–H groups in total. The highest BCUT2D eigenvalue weighted by Crippen LogP contribution is 2.38. The summed E-state index contributed by atoms with van der Waals surface area (Å²) in [4.78, 5) is 12.1. The van der Waals surface area contributed by atoms with E-state index in [1.165, 1.54) is 32.1 Å². The number of carbonyl (C=O) groups is 1. The van der Waals surface area contributed by atoms with E-state index in [-0.39, 0.29) is 18.9 Å². The van der Waals surface area contributed by atoms with Gasteiger partial charge in [0.1, 0.15) is 37.1 Å². The molecule has 2 aliphatic rings. The number of ether oxygens (including phenoxy) is 4. The van der Waals surface area contributed by atoms with Gasteiger partial charge in [0.2, 0.25) is 11.4 Å². The van der Waals surface area contributed by atoms with Gasteiger partial charge in [-0.15, -0.1) is 23.2 Å². The van der Waals surface area contributed by atoms with Crippen molar-refractivity contribution in [3.05, 3.63) is 0 Å². The lowest BCUT2D eigenvalue weighted by molar-refractivity contribution is -0.325. The maximum atomic E-state index is 12.1. The van der Waals surface area contributed by atoms with E-state index >= 15 is 0 Å². The van der Waals surface area contributed by atoms with Crippen LogP contribution in [0.15, 0.2) is 0 Å². The van der Waals surface area contributed by atoms with Crippen molar-refractivity contribution in [1.82, 2.24) is 0 Å². The fourth-order valence-corrected chi connectivity index (χ4v) is 4.83. The van der Waals surface area contributed by atoms with E-state index in [1.807, 2.05) is 0 Å². The summed E-state index contributed by atoms with van der Waals surface area (Å²) in [6.45, 7) is 1.93. The third kappa shape index (κ3) is 9.09. The molecule has 2 saturated heterocycles. The van der Waals surface area contributed by atoms with Crippen LogP contribution >= 0.6 is 34.8 Å². The molecule has 12 heteroatoms. The average molecular weight is 566 g/mol. The Hall–Kier alpha value is 0.0600. The summed E-state index contributed by atoms with van der Waals surface area (Å²) in [5.74, 6) is -0.588. The Balaban J connectivity index is 1.75. The minimum absolute atomic E-state index is 0.173. The highest BCUT2D eigenvalue weighted by atomic mass is 35.5. The summed E-state index contributed by atoms with van der Waals surface area (Å²) >= 11 is 17.8. The molecule has 9 atom stereocenters. The zero-order valence-corrected chi connectivity index (χ0v) is 22.3. The molecule has 2 heterocycles. The Bertz CT molecular complexity index is 627. The molecule has 0 aromatic rings. The third-order valence-electron chi connectivity index (χ3n) is 6.32. The summed E-state index contributed by atoms with van der Waals surface area (Å²) < 4.78 is 21.6. The molecule has 2 rings (SSSR count). The number of carbonyl (C=O) groups excluding carboxylic acids is 1. The zero-order chi connectivity index (χ0) is 26.0. The zero-order valence-electron chi connectivity index (χ0n) is 20.1. The molecule has 9 nitrogen and oxygen atoms in total. The molecule has 0 spiro atoms. The standard InChI is InChI=1S/C23H39Cl3O9/c1-2-3-4-5-6-7-8-9-10-11-16(27)32-13-15-17(25)18(28)19(29)21(33-15)35-22-23(26,31)20(30)14(12-24)34-22/h14-15,17-22,28-31H,2-13H2,1H3/t14-,15-,17+,18+,19-,20-,21-,22?,23+/m1/s1. The summed E-state index contributed by atoms with van der Waals surface area (Å²) in [5.41, 5.74) is 0. The molecule has 0 saturated carbocycles. The molecule has 35 heavy (non-hydrogen) atoms.